The van der Waals surface area contributed by atoms with Crippen molar-refractivity contribution in [3.8, 4) is 17.2 Å². The van der Waals surface area contributed by atoms with Crippen LogP contribution in [0.3, 0.4) is 0 Å². The van der Waals surface area contributed by atoms with Crippen molar-refractivity contribution in [3.05, 3.63) is 102 Å². The van der Waals surface area contributed by atoms with Gasteiger partial charge in [-0.2, -0.15) is 4.31 Å². The molecule has 13 nitrogen and oxygen atoms in total. The fourth-order valence-electron chi connectivity index (χ4n) is 9.84. The molecular weight excluding hydrogens is 823 g/mol. The highest BCUT2D eigenvalue weighted by Gasteiger charge is 2.65. The molecule has 2 heterocycles. The van der Waals surface area contributed by atoms with E-state index in [1.165, 1.54) is 23.4 Å². The fraction of sp³-hybridized carbons (Fsp3) is 0.510. The predicted molar refractivity (Wildman–Crippen MR) is 241 cm³/mol. The minimum absolute atomic E-state index is 0.0129. The number of ether oxygens (including phenoxy) is 4. The first-order valence-corrected chi connectivity index (χ1v) is 23.8. The summed E-state index contributed by atoms with van der Waals surface area (Å²) in [6.45, 7) is 10.3. The topological polar surface area (TPSA) is 165 Å². The van der Waals surface area contributed by atoms with E-state index in [0.29, 0.717) is 54.5 Å². The van der Waals surface area contributed by atoms with Crippen LogP contribution in [0.25, 0.3) is 0 Å². The van der Waals surface area contributed by atoms with Crippen molar-refractivity contribution in [1.29, 1.82) is 0 Å². The third-order valence-electron chi connectivity index (χ3n) is 13.1. The molecule has 3 N–H and O–H groups in total. The Hall–Kier alpha value is -4.57. The van der Waals surface area contributed by atoms with Crippen molar-refractivity contribution in [2.24, 2.45) is 22.9 Å². The largest absolute Gasteiger partial charge is 0.460 e. The van der Waals surface area contributed by atoms with Gasteiger partial charge in [-0.1, -0.05) is 36.2 Å². The van der Waals surface area contributed by atoms with Gasteiger partial charge in [-0.25, -0.2) is 8.42 Å². The zero-order chi connectivity index (χ0) is 44.7. The van der Waals surface area contributed by atoms with E-state index < -0.39 is 34.1 Å². The molecule has 0 radical (unpaired) electrons. The van der Waals surface area contributed by atoms with Crippen LogP contribution in [0, 0.1) is 31.6 Å². The number of hydrogen-bond acceptors (Lipinski definition) is 11. The number of hydrogen-bond donors (Lipinski definition) is 3. The summed E-state index contributed by atoms with van der Waals surface area (Å²) in [5.74, 6) is -0.853. The summed E-state index contributed by atoms with van der Waals surface area (Å²) in [5, 5.41) is 27.5. The van der Waals surface area contributed by atoms with E-state index in [1.807, 2.05) is 36.4 Å². The molecule has 3 aromatic rings. The highest BCUT2D eigenvalue weighted by Crippen LogP contribution is 2.62. The molecule has 1 saturated heterocycles. The Bertz CT molecular complexity index is 2260. The first kappa shape index (κ1) is 46.4. The Morgan fingerprint density at radius 2 is 1.71 bits per heavy atom. The number of likely N-dealkylation sites (N-methyl/N-ethyl adjacent to an activating group) is 1. The number of benzene rings is 3. The van der Waals surface area contributed by atoms with Crippen molar-refractivity contribution in [3.63, 3.8) is 0 Å². The summed E-state index contributed by atoms with van der Waals surface area (Å²) >= 11 is 0. The number of allylic oxidation sites excluding steroid dienone is 1. The Kier molecular flexibility index (Phi) is 15.1. The van der Waals surface area contributed by atoms with Gasteiger partial charge in [0.25, 0.3) is 0 Å². The van der Waals surface area contributed by atoms with Crippen molar-refractivity contribution in [1.82, 2.24) is 4.31 Å². The zero-order valence-corrected chi connectivity index (χ0v) is 37.8. The highest BCUT2D eigenvalue weighted by atomic mass is 32.2. The number of carbonyl (C=O) groups excluding carboxylic acids is 1. The molecule has 2 aliphatic carbocycles. The molecule has 4 aliphatic rings. The molecule has 0 aromatic heterocycles. The normalized spacial score (nSPS) is 26.0. The lowest BCUT2D eigenvalue weighted by Gasteiger charge is -2.59. The number of nitrogens with one attached hydrogen (secondary N) is 1. The third-order valence-corrected chi connectivity index (χ3v) is 14.9. The van der Waals surface area contributed by atoms with Gasteiger partial charge >= 0.3 is 0 Å². The van der Waals surface area contributed by atoms with Crippen LogP contribution >= 0.6 is 0 Å². The fourth-order valence-corrected chi connectivity index (χ4v) is 11.2. The number of anilines is 1. The van der Waals surface area contributed by atoms with E-state index in [-0.39, 0.29) is 54.8 Å². The molecule has 340 valence electrons. The van der Waals surface area contributed by atoms with E-state index in [4.69, 9.17) is 28.9 Å². The van der Waals surface area contributed by atoms with Crippen LogP contribution in [0.4, 0.5) is 5.69 Å². The van der Waals surface area contributed by atoms with Crippen molar-refractivity contribution in [2.45, 2.75) is 114 Å². The van der Waals surface area contributed by atoms with Gasteiger partial charge in [0.05, 0.1) is 35.8 Å². The average Bonchev–Trinajstić information content (AvgIpc) is 3.27. The SMILES string of the molecule is C=CCO[C@@]12Oc3ccc(Oc4ccc(C)c(C)c4)cc3[C@H]3[C@H](CCCCO)[C@@H](CCCCO)C=C(C(=NOC4CCCCO4)C[C@@H]1N(C)S(=O)(=O)c1ccc(NC(C)=O)cc1)[C@H]32. The van der Waals surface area contributed by atoms with Crippen molar-refractivity contribution >= 4 is 27.3 Å². The number of sulfonamides is 1. The number of fused-ring (bicyclic) bond motifs is 2. The number of amides is 1. The van der Waals surface area contributed by atoms with Gasteiger partial charge in [0.15, 0.2) is 0 Å². The second kappa shape index (κ2) is 20.5. The standard InChI is InChI=1S/C49H63N3O10S/c1-6-26-59-49-45(52(5)63(56,57)39-21-17-36(18-22-39)50-34(4)55)31-43(51-62-46-15-9-12-27-58-46)41-29-35(13-7-10-24-53)40(14-8-11-25-54)47(48(41)49)42-30-38(20-23-44(42)61-49)60-37-19-16-32(2)33(3)28-37/h6,16-23,28-30,35,40,45-48,53-54H,1,7-15,24-27,31H2,2-5H3,(H,50,55)/t35-,40+,45-,46?,47+,48+,49+/m0/s1. The molecule has 0 spiro atoms. The van der Waals surface area contributed by atoms with Crippen LogP contribution in [0.1, 0.15) is 93.7 Å². The minimum Gasteiger partial charge on any atom is -0.460 e. The molecular formula is C49H63N3O10S. The van der Waals surface area contributed by atoms with E-state index in [0.717, 1.165) is 60.8 Å². The van der Waals surface area contributed by atoms with Gasteiger partial charge in [-0.05, 0) is 136 Å². The molecule has 63 heavy (non-hydrogen) atoms. The molecule has 0 bridgehead atoms. The van der Waals surface area contributed by atoms with Gasteiger partial charge in [-0.3, -0.25) is 4.79 Å². The van der Waals surface area contributed by atoms with Crippen molar-refractivity contribution < 1.29 is 47.2 Å². The van der Waals surface area contributed by atoms with Crippen LogP contribution < -0.4 is 14.8 Å². The van der Waals surface area contributed by atoms with Crippen LogP contribution in [-0.4, -0.2) is 86.1 Å². The number of aliphatic hydroxyl groups excluding tert-OH is 2. The summed E-state index contributed by atoms with van der Waals surface area (Å²) in [6.07, 6.45) is 10.4. The Labute approximate surface area is 372 Å². The molecule has 7 atom stereocenters. The smallest absolute Gasteiger partial charge is 0.243 e. The lowest BCUT2D eigenvalue weighted by atomic mass is 9.55. The van der Waals surface area contributed by atoms with Crippen LogP contribution in [-0.2, 0) is 29.1 Å². The number of unbranched alkanes of at least 4 members (excludes halogenated alkanes) is 2. The van der Waals surface area contributed by atoms with Gasteiger partial charge < -0.3 is 39.3 Å². The molecule has 7 rings (SSSR count). The summed E-state index contributed by atoms with van der Waals surface area (Å²) in [6, 6.07) is 16.9. The van der Waals surface area contributed by atoms with Crippen LogP contribution in [0.15, 0.2) is 95.0 Å². The average molecular weight is 886 g/mol. The van der Waals surface area contributed by atoms with E-state index >= 15 is 0 Å². The third kappa shape index (κ3) is 10.1. The molecule has 1 amide bonds. The maximum absolute atomic E-state index is 14.9. The van der Waals surface area contributed by atoms with E-state index in [9.17, 15) is 23.4 Å². The lowest BCUT2D eigenvalue weighted by Crippen LogP contribution is -2.69. The van der Waals surface area contributed by atoms with E-state index in [1.54, 1.807) is 25.3 Å². The number of carbonyl (C=O) groups is 1. The lowest BCUT2D eigenvalue weighted by molar-refractivity contribution is -0.250. The van der Waals surface area contributed by atoms with Gasteiger partial charge in [0, 0.05) is 57.2 Å². The summed E-state index contributed by atoms with van der Waals surface area (Å²) < 4.78 is 57.9. The molecule has 2 fully saturated rings. The van der Waals surface area contributed by atoms with E-state index in [2.05, 4.69) is 31.8 Å². The summed E-state index contributed by atoms with van der Waals surface area (Å²) in [5.41, 5.74) is 5.09. The van der Waals surface area contributed by atoms with Crippen LogP contribution in [0.2, 0.25) is 0 Å². The van der Waals surface area contributed by atoms with Crippen LogP contribution in [0.5, 0.6) is 17.2 Å². The quantitative estimate of drug-likeness (QED) is 0.0604. The monoisotopic (exact) mass is 885 g/mol. The second-order valence-electron chi connectivity index (χ2n) is 17.2. The maximum atomic E-state index is 14.9. The Morgan fingerprint density at radius 3 is 2.40 bits per heavy atom. The molecule has 14 heteroatoms. The number of rotatable bonds is 19. The number of nitrogens with zero attached hydrogens (tertiary/aromatic N) is 2. The summed E-state index contributed by atoms with van der Waals surface area (Å²) in [7, 11) is -2.69. The predicted octanol–water partition coefficient (Wildman–Crippen LogP) is 8.54. The molecule has 2 aliphatic heterocycles. The number of aliphatic hydroxyl groups is 2. The van der Waals surface area contributed by atoms with Gasteiger partial charge in [-0.15, -0.1) is 6.58 Å². The Balaban J connectivity index is 1.43. The maximum Gasteiger partial charge on any atom is 0.243 e. The number of oxime groups is 1. The minimum atomic E-state index is -4.24. The molecule has 1 saturated carbocycles. The van der Waals surface area contributed by atoms with Gasteiger partial charge in [0.2, 0.25) is 28.0 Å². The molecule has 3 aromatic carbocycles. The zero-order valence-electron chi connectivity index (χ0n) is 37.0. The first-order valence-electron chi connectivity index (χ1n) is 22.4. The second-order valence-corrected chi connectivity index (χ2v) is 19.2. The highest BCUT2D eigenvalue weighted by molar-refractivity contribution is 7.89. The van der Waals surface area contributed by atoms with Crippen molar-refractivity contribution in [2.75, 3.05) is 38.8 Å². The first-order chi connectivity index (χ1) is 30.4. The number of aryl methyl sites for hydroxylation is 2. The Morgan fingerprint density at radius 1 is 0.984 bits per heavy atom. The molecule has 1 unspecified atom stereocenters. The summed E-state index contributed by atoms with van der Waals surface area (Å²) in [4.78, 5) is 18.0. The van der Waals surface area contributed by atoms with Gasteiger partial charge in [0.1, 0.15) is 17.2 Å².